The van der Waals surface area contributed by atoms with E-state index in [9.17, 15) is 4.79 Å². The maximum Gasteiger partial charge on any atom is 0.238 e. The van der Waals surface area contributed by atoms with Crippen molar-refractivity contribution in [3.8, 4) is 22.8 Å². The van der Waals surface area contributed by atoms with Crippen LogP contribution in [0.2, 0.25) is 0 Å². The average molecular weight is 364 g/mol. The first-order valence-corrected chi connectivity index (χ1v) is 10.2. The second-order valence-corrected chi connectivity index (χ2v) is 9.00. The fraction of sp³-hybridized carbons (Fsp3) is 0.250. The molecule has 1 aliphatic rings. The summed E-state index contributed by atoms with van der Waals surface area (Å²) in [4.78, 5) is 15.8. The number of benzene rings is 1. The number of para-hydroxylation sites is 1. The molecule has 6 heteroatoms. The van der Waals surface area contributed by atoms with Crippen molar-refractivity contribution in [1.29, 1.82) is 0 Å². The Hall–Kier alpha value is -1.13. The Bertz CT molecular complexity index is 840. The molecule has 0 bridgehead atoms. The number of thioether (sulfide) groups is 1. The van der Waals surface area contributed by atoms with E-state index in [1.165, 1.54) is 11.8 Å². The van der Waals surface area contributed by atoms with Gasteiger partial charge in [0.05, 0.1) is 21.9 Å². The number of anilines is 1. The van der Waals surface area contributed by atoms with Gasteiger partial charge in [-0.15, -0.1) is 6.42 Å². The maximum absolute atomic E-state index is 12.7. The molecule has 0 saturated heterocycles. The Kier molecular flexibility index (Phi) is 4.17. The van der Waals surface area contributed by atoms with E-state index < -0.39 is 5.54 Å². The molecule has 0 atom stereocenters. The Labute approximate surface area is 146 Å². The number of fused-ring (bicyclic) bond motifs is 3. The molecule has 2 nitrogen and oxygen atoms in total. The monoisotopic (exact) mass is 363 g/mol. The van der Waals surface area contributed by atoms with Gasteiger partial charge in [-0.2, -0.15) is 0 Å². The number of carbonyl (C=O) groups is 1. The van der Waals surface area contributed by atoms with Gasteiger partial charge >= 0.3 is 0 Å². The van der Waals surface area contributed by atoms with Gasteiger partial charge in [-0.3, -0.25) is 4.79 Å². The standard InChI is InChI=1S/C16H13NOS4/c1-4-20-9-12(18)17-11-8-6-5-7-10(11)13-14(16(17,2)3)21-22-15(13)19/h1,5-8H,9H2,2-3H3. The lowest BCUT2D eigenvalue weighted by Crippen LogP contribution is -2.48. The van der Waals surface area contributed by atoms with E-state index in [0.29, 0.717) is 0 Å². The van der Waals surface area contributed by atoms with Crippen LogP contribution in [0, 0.1) is 15.5 Å². The van der Waals surface area contributed by atoms with E-state index in [2.05, 4.69) is 19.1 Å². The van der Waals surface area contributed by atoms with Gasteiger partial charge in [0.15, 0.2) is 0 Å². The van der Waals surface area contributed by atoms with E-state index in [1.54, 1.807) is 20.7 Å². The van der Waals surface area contributed by atoms with Gasteiger partial charge in [0.1, 0.15) is 3.82 Å². The predicted octanol–water partition coefficient (Wildman–Crippen LogP) is 5.11. The number of carbonyl (C=O) groups excluding carboxylic acids is 1. The molecule has 2 aromatic rings. The van der Waals surface area contributed by atoms with Crippen molar-refractivity contribution in [2.45, 2.75) is 19.4 Å². The second-order valence-electron chi connectivity index (χ2n) is 5.37. The Morgan fingerprint density at radius 1 is 1.41 bits per heavy atom. The lowest BCUT2D eigenvalue weighted by atomic mass is 9.87. The summed E-state index contributed by atoms with van der Waals surface area (Å²) < 4.78 is 0.894. The highest BCUT2D eigenvalue weighted by Gasteiger charge is 2.42. The minimum Gasteiger partial charge on any atom is -0.301 e. The van der Waals surface area contributed by atoms with Crippen molar-refractivity contribution in [2.24, 2.45) is 0 Å². The molecule has 0 fully saturated rings. The van der Waals surface area contributed by atoms with Crippen LogP contribution >= 0.6 is 44.7 Å². The Morgan fingerprint density at radius 2 is 2.14 bits per heavy atom. The Balaban J connectivity index is 2.23. The summed E-state index contributed by atoms with van der Waals surface area (Å²) in [5.41, 5.74) is 2.64. The summed E-state index contributed by atoms with van der Waals surface area (Å²) in [5.74, 6) is 0.300. The van der Waals surface area contributed by atoms with Crippen molar-refractivity contribution in [3.63, 3.8) is 0 Å². The second kappa shape index (κ2) is 5.82. The van der Waals surface area contributed by atoms with Gasteiger partial charge in [0, 0.05) is 11.1 Å². The van der Waals surface area contributed by atoms with Crippen LogP contribution in [0.15, 0.2) is 24.3 Å². The lowest BCUT2D eigenvalue weighted by molar-refractivity contribution is -0.117. The van der Waals surface area contributed by atoms with E-state index in [0.717, 1.165) is 25.5 Å². The number of hydrogen-bond acceptors (Lipinski definition) is 5. The van der Waals surface area contributed by atoms with Gasteiger partial charge in [0.25, 0.3) is 0 Å². The van der Waals surface area contributed by atoms with Crippen LogP contribution in [0.25, 0.3) is 11.1 Å². The fourth-order valence-corrected chi connectivity index (χ4v) is 6.41. The van der Waals surface area contributed by atoms with E-state index in [4.69, 9.17) is 18.6 Å². The largest absolute Gasteiger partial charge is 0.301 e. The van der Waals surface area contributed by atoms with E-state index >= 15 is 0 Å². The number of terminal acetylenes is 1. The van der Waals surface area contributed by atoms with Gasteiger partial charge in [-0.1, -0.05) is 62.9 Å². The third kappa shape index (κ3) is 2.33. The van der Waals surface area contributed by atoms with Crippen LogP contribution in [-0.2, 0) is 10.3 Å². The fourth-order valence-electron chi connectivity index (χ4n) is 2.79. The first kappa shape index (κ1) is 15.8. The van der Waals surface area contributed by atoms with Crippen molar-refractivity contribution in [2.75, 3.05) is 10.7 Å². The molecule has 2 heterocycles. The highest BCUT2D eigenvalue weighted by molar-refractivity contribution is 8.04. The predicted molar refractivity (Wildman–Crippen MR) is 100 cm³/mol. The number of amides is 1. The van der Waals surface area contributed by atoms with Crippen molar-refractivity contribution < 1.29 is 4.79 Å². The highest BCUT2D eigenvalue weighted by atomic mass is 32.9. The molecule has 0 spiro atoms. The van der Waals surface area contributed by atoms with Crippen molar-refractivity contribution in [3.05, 3.63) is 33.0 Å². The summed E-state index contributed by atoms with van der Waals surface area (Å²) in [6.45, 7) is 4.14. The van der Waals surface area contributed by atoms with Crippen molar-refractivity contribution in [1.82, 2.24) is 0 Å². The molecule has 0 N–H and O–H groups in total. The molecule has 112 valence electrons. The van der Waals surface area contributed by atoms with Crippen LogP contribution in [0.5, 0.6) is 0 Å². The number of nitrogens with zero attached hydrogens (tertiary/aromatic N) is 1. The number of rotatable bonds is 2. The van der Waals surface area contributed by atoms with Crippen LogP contribution < -0.4 is 4.90 Å². The summed E-state index contributed by atoms with van der Waals surface area (Å²) in [6.07, 6.45) is 5.28. The number of hydrogen-bond donors (Lipinski definition) is 0. The molecule has 0 saturated carbocycles. The van der Waals surface area contributed by atoms with Gasteiger partial charge in [-0.05, 0) is 25.2 Å². The van der Waals surface area contributed by atoms with Crippen molar-refractivity contribution >= 4 is 56.3 Å². The van der Waals surface area contributed by atoms with Crippen LogP contribution in [0.3, 0.4) is 0 Å². The van der Waals surface area contributed by atoms with E-state index in [-0.39, 0.29) is 11.7 Å². The zero-order valence-corrected chi connectivity index (χ0v) is 15.3. The first-order chi connectivity index (χ1) is 10.5. The van der Waals surface area contributed by atoms with Crippen LogP contribution in [0.1, 0.15) is 18.7 Å². The molecule has 1 aliphatic heterocycles. The first-order valence-electron chi connectivity index (χ1n) is 6.62. The highest BCUT2D eigenvalue weighted by Crippen LogP contribution is 2.51. The molecular formula is C16H13NOS4. The zero-order chi connectivity index (χ0) is 15.9. The third-order valence-corrected chi connectivity index (χ3v) is 7.58. The van der Waals surface area contributed by atoms with Crippen LogP contribution in [-0.4, -0.2) is 11.7 Å². The Morgan fingerprint density at radius 3 is 2.86 bits per heavy atom. The molecule has 1 aromatic heterocycles. The van der Waals surface area contributed by atoms with Gasteiger partial charge < -0.3 is 4.90 Å². The molecular weight excluding hydrogens is 350 g/mol. The maximum atomic E-state index is 12.7. The molecule has 0 aliphatic carbocycles. The normalized spacial score (nSPS) is 14.9. The summed E-state index contributed by atoms with van der Waals surface area (Å²) in [6, 6.07) is 7.95. The van der Waals surface area contributed by atoms with Crippen LogP contribution in [0.4, 0.5) is 5.69 Å². The summed E-state index contributed by atoms with van der Waals surface area (Å²) >= 11 is 6.71. The lowest BCUT2D eigenvalue weighted by Gasteiger charge is -2.42. The molecule has 1 aromatic carbocycles. The van der Waals surface area contributed by atoms with Gasteiger partial charge in [0.2, 0.25) is 5.91 Å². The zero-order valence-electron chi connectivity index (χ0n) is 12.1. The molecule has 0 unspecified atom stereocenters. The molecule has 0 radical (unpaired) electrons. The minimum atomic E-state index is -0.422. The minimum absolute atomic E-state index is 0.0235. The van der Waals surface area contributed by atoms with E-state index in [1.807, 2.05) is 29.2 Å². The summed E-state index contributed by atoms with van der Waals surface area (Å²) in [5, 5.41) is 2.47. The smallest absolute Gasteiger partial charge is 0.238 e. The molecule has 22 heavy (non-hydrogen) atoms. The third-order valence-electron chi connectivity index (χ3n) is 3.69. The topological polar surface area (TPSA) is 20.3 Å². The quantitative estimate of drug-likeness (QED) is 0.420. The average Bonchev–Trinajstić information content (AvgIpc) is 2.88. The molecule has 3 rings (SSSR count). The molecule has 1 amide bonds. The SMILES string of the molecule is C#CSCC(=O)N1c2ccccc2-c2c(ssc2=S)C1(C)C. The van der Waals surface area contributed by atoms with Gasteiger partial charge in [-0.25, -0.2) is 0 Å². The summed E-state index contributed by atoms with van der Waals surface area (Å²) in [7, 11) is 3.26.